The zero-order valence-corrected chi connectivity index (χ0v) is 23.2. The van der Waals surface area contributed by atoms with E-state index in [0.29, 0.717) is 24.0 Å². The van der Waals surface area contributed by atoms with Gasteiger partial charge in [0.1, 0.15) is 43.2 Å². The lowest BCUT2D eigenvalue weighted by atomic mass is 10.1. The lowest BCUT2D eigenvalue weighted by molar-refractivity contribution is -0.890. The number of phosphoric ester groups is 2. The number of halogens is 1. The fraction of sp³-hybridized carbons (Fsp3) is 0.722. The van der Waals surface area contributed by atoms with Crippen LogP contribution in [0.25, 0.3) is 0 Å². The first-order valence-electron chi connectivity index (χ1n) is 11.2. The Bertz CT molecular complexity index is 1110. The molecule has 20 heteroatoms. The van der Waals surface area contributed by atoms with Gasteiger partial charge < -0.3 is 40.3 Å². The Morgan fingerprint density at radius 1 is 1.24 bits per heavy atom. The van der Waals surface area contributed by atoms with Gasteiger partial charge in [-0.1, -0.05) is 0 Å². The number of aliphatic hydroxyl groups excluding tert-OH is 2. The van der Waals surface area contributed by atoms with Gasteiger partial charge in [0.2, 0.25) is 5.91 Å². The van der Waals surface area contributed by atoms with Crippen LogP contribution in [-0.4, -0.2) is 111 Å². The number of likely N-dealkylation sites (N-methyl/N-ethyl adjacent to an activating group) is 1. The van der Waals surface area contributed by atoms with Crippen LogP contribution in [0.3, 0.4) is 0 Å². The summed E-state index contributed by atoms with van der Waals surface area (Å²) >= 11 is 5.40. The highest BCUT2D eigenvalue weighted by molar-refractivity contribution is 7.61. The second kappa shape index (κ2) is 13.7. The van der Waals surface area contributed by atoms with Gasteiger partial charge in [-0.15, -0.1) is 11.6 Å². The molecule has 218 valence electrons. The van der Waals surface area contributed by atoms with Gasteiger partial charge in [0.25, 0.3) is 0 Å². The third-order valence-corrected chi connectivity index (χ3v) is 8.28. The molecular formula is C18H33ClN5O12P2+. The SMILES string of the molecule is C[N+](C)(CCCNC(=O)CCl)CCOP(=O)(O)OP(=O)(O)OC[C@H]1O[C@H](n2ccc(N)nc2=O)[C@H](O)[C@@H]1O. The number of nitrogen functional groups attached to an aromatic ring is 1. The van der Waals surface area contributed by atoms with Gasteiger partial charge in [-0.05, 0) is 6.07 Å². The van der Waals surface area contributed by atoms with Gasteiger partial charge in [-0.25, -0.2) is 13.9 Å². The normalized spacial score (nSPS) is 25.0. The number of carbonyl (C=O) groups is 1. The molecule has 6 atom stereocenters. The van der Waals surface area contributed by atoms with Crippen LogP contribution in [0.5, 0.6) is 0 Å². The van der Waals surface area contributed by atoms with Gasteiger partial charge in [0.15, 0.2) is 6.23 Å². The predicted molar refractivity (Wildman–Crippen MR) is 132 cm³/mol. The van der Waals surface area contributed by atoms with Crippen molar-refractivity contribution in [1.29, 1.82) is 0 Å². The molecule has 38 heavy (non-hydrogen) atoms. The number of hydrogen-bond donors (Lipinski definition) is 6. The van der Waals surface area contributed by atoms with E-state index in [4.69, 9.17) is 26.6 Å². The first-order valence-corrected chi connectivity index (χ1v) is 14.8. The Morgan fingerprint density at radius 2 is 1.89 bits per heavy atom. The molecule has 0 aliphatic carbocycles. The molecule has 0 spiro atoms. The summed E-state index contributed by atoms with van der Waals surface area (Å²) in [6.45, 7) is 0.000783. The van der Waals surface area contributed by atoms with Crippen LogP contribution in [0.2, 0.25) is 0 Å². The quantitative estimate of drug-likeness (QED) is 0.0576. The lowest BCUT2D eigenvalue weighted by Crippen LogP contribution is -2.44. The maximum Gasteiger partial charge on any atom is 0.481 e. The molecule has 0 aromatic carbocycles. The van der Waals surface area contributed by atoms with E-state index >= 15 is 0 Å². The van der Waals surface area contributed by atoms with Gasteiger partial charge in [0.05, 0.1) is 27.2 Å². The Morgan fingerprint density at radius 3 is 2.53 bits per heavy atom. The Kier molecular flexibility index (Phi) is 11.8. The Hall–Kier alpha value is -1.46. The molecule has 1 saturated heterocycles. The third kappa shape index (κ3) is 10.3. The maximum absolute atomic E-state index is 12.2. The molecule has 0 radical (unpaired) electrons. The largest absolute Gasteiger partial charge is 0.481 e. The minimum atomic E-state index is -5.20. The molecular weight excluding hydrogens is 576 g/mol. The molecule has 1 aliphatic heterocycles. The van der Waals surface area contributed by atoms with E-state index in [9.17, 15) is 38.7 Å². The van der Waals surface area contributed by atoms with E-state index in [1.54, 1.807) is 14.1 Å². The summed E-state index contributed by atoms with van der Waals surface area (Å²) in [5, 5.41) is 23.0. The van der Waals surface area contributed by atoms with Crippen molar-refractivity contribution in [2.45, 2.75) is 31.0 Å². The predicted octanol–water partition coefficient (Wildman–Crippen LogP) is -1.48. The molecule has 0 saturated carbocycles. The van der Waals surface area contributed by atoms with Gasteiger partial charge in [-0.3, -0.25) is 18.4 Å². The van der Waals surface area contributed by atoms with Crippen LogP contribution in [-0.2, 0) is 32.0 Å². The number of phosphoric acid groups is 2. The smallest absolute Gasteiger partial charge is 0.387 e. The van der Waals surface area contributed by atoms with Gasteiger partial charge >= 0.3 is 21.3 Å². The summed E-state index contributed by atoms with van der Waals surface area (Å²) in [7, 11) is -6.64. The van der Waals surface area contributed by atoms with E-state index in [-0.39, 0.29) is 30.8 Å². The molecule has 0 bridgehead atoms. The summed E-state index contributed by atoms with van der Waals surface area (Å²) in [5.41, 5.74) is 4.53. The molecule has 1 amide bonds. The van der Waals surface area contributed by atoms with Crippen molar-refractivity contribution >= 4 is 39.0 Å². The minimum absolute atomic E-state index is 0.0798. The number of nitrogens with two attached hydrogens (primary N) is 1. The number of alkyl halides is 1. The van der Waals surface area contributed by atoms with E-state index in [0.717, 1.165) is 4.57 Å². The molecule has 1 fully saturated rings. The highest BCUT2D eigenvalue weighted by atomic mass is 35.5. The van der Waals surface area contributed by atoms with Crippen molar-refractivity contribution in [3.8, 4) is 0 Å². The lowest BCUT2D eigenvalue weighted by Gasteiger charge is -2.30. The van der Waals surface area contributed by atoms with E-state index in [2.05, 4.69) is 19.1 Å². The number of nitrogens with one attached hydrogen (secondary N) is 1. The van der Waals surface area contributed by atoms with Crippen molar-refractivity contribution < 1.29 is 56.5 Å². The molecule has 1 aromatic rings. The first-order chi connectivity index (χ1) is 17.6. The summed E-state index contributed by atoms with van der Waals surface area (Å²) in [6, 6.07) is 1.25. The standard InChI is InChI=1S/C18H32ClN5O12P2/c1-24(2,7-3-5-21-14(25)10-19)8-9-33-37(29,30)36-38(31,32)34-11-12-15(26)16(27)17(35-12)23-6-4-13(20)22-18(23)28/h4,6,12,15-17,26-27H,3,5,7-11H2,1-2H3,(H4-,20,21,22,25,28,29,30,31,32)/p+1/t12-,15-,16-,17+/m1/s1. The van der Waals surface area contributed by atoms with Crippen molar-refractivity contribution in [3.63, 3.8) is 0 Å². The summed E-state index contributed by atoms with van der Waals surface area (Å²) in [6.07, 6.45) is -4.37. The number of aromatic nitrogens is 2. The van der Waals surface area contributed by atoms with Crippen LogP contribution in [0, 0.1) is 0 Å². The second-order valence-corrected chi connectivity index (χ2v) is 12.3. The van der Waals surface area contributed by atoms with Crippen molar-refractivity contribution in [2.75, 3.05) is 58.6 Å². The van der Waals surface area contributed by atoms with Crippen LogP contribution in [0.15, 0.2) is 17.1 Å². The number of aliphatic hydroxyl groups is 2. The molecule has 2 rings (SSSR count). The maximum atomic E-state index is 12.2. The number of hydrogen-bond acceptors (Lipinski definition) is 12. The van der Waals surface area contributed by atoms with Gasteiger partial charge in [-0.2, -0.15) is 9.29 Å². The average Bonchev–Trinajstić information content (AvgIpc) is 3.08. The minimum Gasteiger partial charge on any atom is -0.387 e. The number of nitrogens with zero attached hydrogens (tertiary/aromatic N) is 3. The van der Waals surface area contributed by atoms with E-state index in [1.165, 1.54) is 12.3 Å². The number of rotatable bonds is 15. The summed E-state index contributed by atoms with van der Waals surface area (Å²) < 4.78 is 44.6. The molecule has 1 aromatic heterocycles. The van der Waals surface area contributed by atoms with Gasteiger partial charge in [0, 0.05) is 19.2 Å². The first kappa shape index (κ1) is 32.8. The fourth-order valence-corrected chi connectivity index (χ4v) is 5.52. The Labute approximate surface area is 222 Å². The third-order valence-electron chi connectivity index (χ3n) is 5.41. The highest BCUT2D eigenvalue weighted by Crippen LogP contribution is 2.60. The van der Waals surface area contributed by atoms with Crippen LogP contribution in [0.1, 0.15) is 12.6 Å². The van der Waals surface area contributed by atoms with Crippen LogP contribution >= 0.6 is 27.2 Å². The molecule has 2 unspecified atom stereocenters. The number of carbonyl (C=O) groups excluding carboxylic acids is 1. The van der Waals surface area contributed by atoms with E-state index in [1.807, 2.05) is 0 Å². The zero-order chi connectivity index (χ0) is 28.7. The van der Waals surface area contributed by atoms with E-state index < -0.39 is 52.5 Å². The number of amides is 1. The summed E-state index contributed by atoms with van der Waals surface area (Å²) in [5.74, 6) is -0.520. The number of ether oxygens (including phenoxy) is 1. The van der Waals surface area contributed by atoms with Crippen molar-refractivity contribution in [3.05, 3.63) is 22.7 Å². The van der Waals surface area contributed by atoms with Crippen LogP contribution < -0.4 is 16.7 Å². The van der Waals surface area contributed by atoms with Crippen molar-refractivity contribution in [1.82, 2.24) is 14.9 Å². The topological polar surface area (TPSA) is 242 Å². The molecule has 1 aliphatic rings. The number of quaternary nitrogens is 1. The highest BCUT2D eigenvalue weighted by Gasteiger charge is 2.46. The molecule has 7 N–H and O–H groups in total. The van der Waals surface area contributed by atoms with Crippen LogP contribution in [0.4, 0.5) is 5.82 Å². The molecule has 2 heterocycles. The monoisotopic (exact) mass is 608 g/mol. The zero-order valence-electron chi connectivity index (χ0n) is 20.7. The summed E-state index contributed by atoms with van der Waals surface area (Å²) in [4.78, 5) is 46.3. The molecule has 17 nitrogen and oxygen atoms in total. The average molecular weight is 609 g/mol. The Balaban J connectivity index is 1.82. The van der Waals surface area contributed by atoms with Crippen molar-refractivity contribution in [2.24, 2.45) is 0 Å². The number of anilines is 1. The second-order valence-electron chi connectivity index (χ2n) is 8.96. The fourth-order valence-electron chi connectivity index (χ4n) is 3.36.